The monoisotopic (exact) mass is 267 g/mol. The minimum absolute atomic E-state index is 0.0499. The Labute approximate surface area is 105 Å². The lowest BCUT2D eigenvalue weighted by Crippen LogP contribution is -2.11. The Kier molecular flexibility index (Phi) is 3.73. The number of aromatic nitrogens is 3. The van der Waals surface area contributed by atoms with Gasteiger partial charge in [0.2, 0.25) is 0 Å². The lowest BCUT2D eigenvalue weighted by atomic mass is 10.2. The third-order valence-corrected chi connectivity index (χ3v) is 3.69. The second-order valence-corrected chi connectivity index (χ2v) is 5.40. The van der Waals surface area contributed by atoms with Crippen LogP contribution in [-0.4, -0.2) is 29.8 Å². The number of aryl methyl sites for hydroxylation is 1. The fourth-order valence-electron chi connectivity index (χ4n) is 1.36. The molecular formula is C11H13N3O3S. The van der Waals surface area contributed by atoms with Gasteiger partial charge in [-0.15, -0.1) is 10.2 Å². The number of hydrogen-bond donors (Lipinski definition) is 0. The van der Waals surface area contributed by atoms with E-state index in [9.17, 15) is 8.42 Å². The summed E-state index contributed by atoms with van der Waals surface area (Å²) in [5.74, 6) is 0. The van der Waals surface area contributed by atoms with Crippen molar-refractivity contribution < 1.29 is 12.6 Å². The Balaban J connectivity index is 1.97. The summed E-state index contributed by atoms with van der Waals surface area (Å²) in [5.41, 5.74) is 0.999. The Morgan fingerprint density at radius 3 is 2.39 bits per heavy atom. The zero-order valence-corrected chi connectivity index (χ0v) is 10.7. The molecule has 0 fully saturated rings. The predicted octanol–water partition coefficient (Wildman–Crippen LogP) is 0.992. The van der Waals surface area contributed by atoms with Gasteiger partial charge < -0.3 is 4.57 Å². The Bertz CT molecular complexity index is 591. The summed E-state index contributed by atoms with van der Waals surface area (Å²) in [4.78, 5) is 0.164. The molecule has 7 heteroatoms. The van der Waals surface area contributed by atoms with Gasteiger partial charge >= 0.3 is 0 Å². The topological polar surface area (TPSA) is 74.1 Å². The smallest absolute Gasteiger partial charge is 0.297 e. The average molecular weight is 267 g/mol. The second kappa shape index (κ2) is 5.28. The van der Waals surface area contributed by atoms with Gasteiger partial charge in [-0.1, -0.05) is 17.7 Å². The van der Waals surface area contributed by atoms with E-state index in [1.54, 1.807) is 16.7 Å². The van der Waals surface area contributed by atoms with Crippen molar-refractivity contribution in [3.8, 4) is 0 Å². The number of benzene rings is 1. The fraction of sp³-hybridized carbons (Fsp3) is 0.273. The molecule has 0 aliphatic carbocycles. The molecule has 0 aliphatic rings. The molecule has 6 nitrogen and oxygen atoms in total. The Hall–Kier alpha value is -1.73. The summed E-state index contributed by atoms with van der Waals surface area (Å²) in [6, 6.07) is 6.53. The largest absolute Gasteiger partial charge is 0.318 e. The van der Waals surface area contributed by atoms with Crippen LogP contribution in [0.3, 0.4) is 0 Å². The molecule has 2 aromatic rings. The summed E-state index contributed by atoms with van der Waals surface area (Å²) >= 11 is 0. The zero-order valence-electron chi connectivity index (χ0n) is 9.85. The predicted molar refractivity (Wildman–Crippen MR) is 64.3 cm³/mol. The molecule has 0 spiro atoms. The van der Waals surface area contributed by atoms with Gasteiger partial charge in [0.05, 0.1) is 11.5 Å². The second-order valence-electron chi connectivity index (χ2n) is 3.79. The van der Waals surface area contributed by atoms with E-state index in [2.05, 4.69) is 10.2 Å². The SMILES string of the molecule is Cc1ccc(S(=O)(=O)OCCn2cnnc2)cc1. The van der Waals surface area contributed by atoms with E-state index in [0.717, 1.165) is 5.56 Å². The first-order chi connectivity index (χ1) is 8.58. The van der Waals surface area contributed by atoms with E-state index in [4.69, 9.17) is 4.18 Å². The standard InChI is InChI=1S/C11H13N3O3S/c1-10-2-4-11(5-3-10)18(15,16)17-7-6-14-8-12-13-9-14/h2-5,8-9H,6-7H2,1H3. The average Bonchev–Trinajstić information content (AvgIpc) is 2.82. The van der Waals surface area contributed by atoms with Gasteiger partial charge in [0.1, 0.15) is 12.7 Å². The molecule has 1 heterocycles. The summed E-state index contributed by atoms with van der Waals surface area (Å²) in [5, 5.41) is 7.23. The molecule has 0 N–H and O–H groups in total. The molecule has 0 aliphatic heterocycles. The van der Waals surface area contributed by atoms with Crippen LogP contribution in [0.5, 0.6) is 0 Å². The summed E-state index contributed by atoms with van der Waals surface area (Å²) in [6.07, 6.45) is 3.00. The van der Waals surface area contributed by atoms with Crippen molar-refractivity contribution in [1.82, 2.24) is 14.8 Å². The van der Waals surface area contributed by atoms with E-state index in [-0.39, 0.29) is 11.5 Å². The molecular weight excluding hydrogens is 254 g/mol. The van der Waals surface area contributed by atoms with Gasteiger partial charge in [-0.05, 0) is 19.1 Å². The Morgan fingerprint density at radius 2 is 1.78 bits per heavy atom. The molecule has 0 saturated heterocycles. The van der Waals surface area contributed by atoms with Crippen LogP contribution in [0.1, 0.15) is 5.56 Å². The van der Waals surface area contributed by atoms with Crippen LogP contribution in [-0.2, 0) is 20.8 Å². The van der Waals surface area contributed by atoms with Crippen LogP contribution in [0.4, 0.5) is 0 Å². The maximum Gasteiger partial charge on any atom is 0.297 e. The lowest BCUT2D eigenvalue weighted by Gasteiger charge is -2.06. The van der Waals surface area contributed by atoms with E-state index in [1.807, 2.05) is 6.92 Å². The molecule has 96 valence electrons. The van der Waals surface area contributed by atoms with Crippen LogP contribution in [0.25, 0.3) is 0 Å². The third kappa shape index (κ3) is 3.14. The number of hydrogen-bond acceptors (Lipinski definition) is 5. The van der Waals surface area contributed by atoms with Crippen LogP contribution in [0, 0.1) is 6.92 Å². The van der Waals surface area contributed by atoms with Crippen molar-refractivity contribution in [3.63, 3.8) is 0 Å². The highest BCUT2D eigenvalue weighted by molar-refractivity contribution is 7.86. The molecule has 0 saturated carbocycles. The van der Waals surface area contributed by atoms with Crippen LogP contribution < -0.4 is 0 Å². The third-order valence-electron chi connectivity index (χ3n) is 2.36. The molecule has 1 aromatic heterocycles. The molecule has 0 bridgehead atoms. The summed E-state index contributed by atoms with van der Waals surface area (Å²) in [6.45, 7) is 2.33. The van der Waals surface area contributed by atoms with Crippen LogP contribution in [0.15, 0.2) is 41.8 Å². The molecule has 0 unspecified atom stereocenters. The van der Waals surface area contributed by atoms with Crippen molar-refractivity contribution in [3.05, 3.63) is 42.5 Å². The van der Waals surface area contributed by atoms with Gasteiger partial charge in [-0.3, -0.25) is 4.18 Å². The number of nitrogens with zero attached hydrogens (tertiary/aromatic N) is 3. The van der Waals surface area contributed by atoms with E-state index < -0.39 is 10.1 Å². The van der Waals surface area contributed by atoms with Crippen molar-refractivity contribution in [2.24, 2.45) is 0 Å². The minimum atomic E-state index is -3.68. The molecule has 0 amide bonds. The van der Waals surface area contributed by atoms with Gasteiger partial charge in [0.25, 0.3) is 10.1 Å². The zero-order chi connectivity index (χ0) is 13.0. The first kappa shape index (κ1) is 12.7. The van der Waals surface area contributed by atoms with Crippen molar-refractivity contribution in [2.45, 2.75) is 18.4 Å². The lowest BCUT2D eigenvalue weighted by molar-refractivity contribution is 0.300. The maximum absolute atomic E-state index is 11.8. The molecule has 2 rings (SSSR count). The van der Waals surface area contributed by atoms with Crippen molar-refractivity contribution in [2.75, 3.05) is 6.61 Å². The van der Waals surface area contributed by atoms with E-state index >= 15 is 0 Å². The van der Waals surface area contributed by atoms with Crippen LogP contribution in [0.2, 0.25) is 0 Å². The molecule has 0 atom stereocenters. The first-order valence-corrected chi connectivity index (χ1v) is 6.77. The fourth-order valence-corrected chi connectivity index (χ4v) is 2.26. The number of rotatable bonds is 5. The first-order valence-electron chi connectivity index (χ1n) is 5.36. The highest BCUT2D eigenvalue weighted by Crippen LogP contribution is 2.13. The molecule has 18 heavy (non-hydrogen) atoms. The van der Waals surface area contributed by atoms with Gasteiger partial charge in [-0.25, -0.2) is 0 Å². The normalized spacial score (nSPS) is 11.6. The van der Waals surface area contributed by atoms with Gasteiger partial charge in [-0.2, -0.15) is 8.42 Å². The van der Waals surface area contributed by atoms with E-state index in [1.165, 1.54) is 24.8 Å². The molecule has 1 aromatic carbocycles. The van der Waals surface area contributed by atoms with Gasteiger partial charge in [0, 0.05) is 6.54 Å². The van der Waals surface area contributed by atoms with Crippen molar-refractivity contribution in [1.29, 1.82) is 0 Å². The van der Waals surface area contributed by atoms with E-state index in [0.29, 0.717) is 6.54 Å². The van der Waals surface area contributed by atoms with Gasteiger partial charge in [0.15, 0.2) is 0 Å². The highest BCUT2D eigenvalue weighted by Gasteiger charge is 2.14. The van der Waals surface area contributed by atoms with Crippen molar-refractivity contribution >= 4 is 10.1 Å². The maximum atomic E-state index is 11.8. The van der Waals surface area contributed by atoms with Crippen LogP contribution >= 0.6 is 0 Å². The highest BCUT2D eigenvalue weighted by atomic mass is 32.2. The molecule has 0 radical (unpaired) electrons. The minimum Gasteiger partial charge on any atom is -0.318 e. The summed E-state index contributed by atoms with van der Waals surface area (Å²) in [7, 11) is -3.68. The Morgan fingerprint density at radius 1 is 1.17 bits per heavy atom. The summed E-state index contributed by atoms with van der Waals surface area (Å²) < 4.78 is 30.2. The quantitative estimate of drug-likeness (QED) is 0.755.